The summed E-state index contributed by atoms with van der Waals surface area (Å²) < 4.78 is 0. The molecule has 0 amide bonds. The van der Waals surface area contributed by atoms with E-state index in [1.807, 2.05) is 31.2 Å². The number of aliphatic hydroxyl groups excluding tert-OH is 1. The minimum atomic E-state index is -0.609. The summed E-state index contributed by atoms with van der Waals surface area (Å²) in [6, 6.07) is 7.34. The zero-order valence-electron chi connectivity index (χ0n) is 16.8. The van der Waals surface area contributed by atoms with E-state index in [4.69, 9.17) is 16.6 Å². The minimum absolute atomic E-state index is 0. The third-order valence-electron chi connectivity index (χ3n) is 3.02. The summed E-state index contributed by atoms with van der Waals surface area (Å²) in [5, 5.41) is 8.95. The number of benzene rings is 1. The number of hydrogen-bond donors (Lipinski definition) is 2. The topological polar surface area (TPSA) is 87.1 Å². The first-order valence-corrected chi connectivity index (χ1v) is 8.56. The molecule has 1 aromatic carbocycles. The normalized spacial score (nSPS) is 10.2. The Kier molecular flexibility index (Phi) is 24.1. The number of unbranched alkanes of at least 4 members (excludes halogenated alkanes) is 3. The van der Waals surface area contributed by atoms with Gasteiger partial charge < -0.3 is 21.4 Å². The number of aliphatic hydroxyl groups is 1. The van der Waals surface area contributed by atoms with Gasteiger partial charge in [-0.25, -0.2) is 0 Å². The fourth-order valence-electron chi connectivity index (χ4n) is 1.65. The first kappa shape index (κ1) is 29.7. The van der Waals surface area contributed by atoms with Crippen molar-refractivity contribution in [3.05, 3.63) is 53.5 Å². The number of hydrogen-bond acceptors (Lipinski definition) is 3. The van der Waals surface area contributed by atoms with Crippen molar-refractivity contribution in [1.82, 2.24) is 0 Å². The Labute approximate surface area is 196 Å². The van der Waals surface area contributed by atoms with Crippen LogP contribution < -0.4 is 57.1 Å². The Balaban J connectivity index is -0.000000343. The smallest absolute Gasteiger partial charge is 0.668 e. The molecule has 0 heterocycles. The molecule has 0 spiro atoms. The van der Waals surface area contributed by atoms with Gasteiger partial charge in [0.1, 0.15) is 5.78 Å². The van der Waals surface area contributed by atoms with E-state index in [-0.39, 0.29) is 62.9 Å². The van der Waals surface area contributed by atoms with Crippen molar-refractivity contribution in [2.24, 2.45) is 5.73 Å². The largest absolute Gasteiger partial charge is 1.00 e. The molecule has 1 rings (SSSR count). The van der Waals surface area contributed by atoms with Gasteiger partial charge in [-0.3, -0.25) is 0 Å². The Hall–Kier alpha value is -0.0136. The van der Waals surface area contributed by atoms with Gasteiger partial charge in [-0.2, -0.15) is 0 Å². The first-order valence-electron chi connectivity index (χ1n) is 8.56. The molecule has 0 aliphatic carbocycles. The summed E-state index contributed by atoms with van der Waals surface area (Å²) in [5.74, 6) is 0.0978. The summed E-state index contributed by atoms with van der Waals surface area (Å²) in [6.07, 6.45) is 5.69. The molecule has 0 saturated heterocycles. The van der Waals surface area contributed by atoms with Crippen molar-refractivity contribution in [3.8, 4) is 0 Å². The molecule has 1 aromatic rings. The second kappa shape index (κ2) is 20.3. The first-order chi connectivity index (χ1) is 11.2. The Morgan fingerprint density at radius 2 is 1.68 bits per heavy atom. The summed E-state index contributed by atoms with van der Waals surface area (Å²) in [6.45, 7) is 11.5. The Morgan fingerprint density at radius 1 is 1.20 bits per heavy atom. The van der Waals surface area contributed by atoms with Gasteiger partial charge in [0, 0.05) is 0 Å². The van der Waals surface area contributed by atoms with Gasteiger partial charge in [0.05, 0.1) is 5.76 Å². The quantitative estimate of drug-likeness (QED) is 0.435. The summed E-state index contributed by atoms with van der Waals surface area (Å²) in [5.41, 5.74) is 15.0. The van der Waals surface area contributed by atoms with Gasteiger partial charge >= 0.3 is 51.4 Å². The molecule has 0 bridgehead atoms. The van der Waals surface area contributed by atoms with Crippen LogP contribution in [0.2, 0.25) is 0 Å². The molecule has 138 valence electrons. The van der Waals surface area contributed by atoms with Crippen LogP contribution in [0.5, 0.6) is 0 Å². The van der Waals surface area contributed by atoms with Gasteiger partial charge in [0.15, 0.2) is 0 Å². The number of rotatable bonds is 7. The van der Waals surface area contributed by atoms with Crippen LogP contribution >= 0.6 is 0 Å². The molecule has 1 unspecified atom stereocenters. The van der Waals surface area contributed by atoms with E-state index in [1.165, 1.54) is 45.1 Å². The van der Waals surface area contributed by atoms with E-state index in [0.29, 0.717) is 6.42 Å². The van der Waals surface area contributed by atoms with Crippen molar-refractivity contribution < 1.29 is 61.3 Å². The molecule has 0 radical (unpaired) electrons. The fraction of sp³-hybridized carbons (Fsp3) is 0.550. The molecule has 1 atom stereocenters. The maximum Gasteiger partial charge on any atom is 1.00 e. The third-order valence-corrected chi connectivity index (χ3v) is 3.02. The van der Waals surface area contributed by atoms with Crippen LogP contribution in [0.3, 0.4) is 0 Å². The summed E-state index contributed by atoms with van der Waals surface area (Å²) >= 11 is 0. The van der Waals surface area contributed by atoms with Crippen LogP contribution in [-0.4, -0.2) is 23.5 Å². The summed E-state index contributed by atoms with van der Waals surface area (Å²) in [7, 11) is 0. The van der Waals surface area contributed by atoms with Crippen LogP contribution in [0.25, 0.3) is 5.73 Å². The standard InChI is InChI=1S/C11H14NO.C6H15N.C3H6O.K/c1-8-3-5-10(6-4-8)7-11(12)9(2)13;1-2-3-4-5-6-7;1-3(2)4;/h3-6,11-13H,2,7H2,1H3;2-7H2,1H3;1-2H3;/q-1;;;+1. The predicted molar refractivity (Wildman–Crippen MR) is 104 cm³/mol. The number of nitrogens with one attached hydrogen (secondary N) is 1. The molecule has 0 aliphatic heterocycles. The average Bonchev–Trinajstić information content (AvgIpc) is 2.50. The fourth-order valence-corrected chi connectivity index (χ4v) is 1.65. The third kappa shape index (κ3) is 24.0. The molecule has 5 heteroatoms. The van der Waals surface area contributed by atoms with E-state index < -0.39 is 6.04 Å². The maximum absolute atomic E-state index is 9.44. The van der Waals surface area contributed by atoms with E-state index in [0.717, 1.165) is 12.1 Å². The molecule has 25 heavy (non-hydrogen) atoms. The zero-order valence-corrected chi connectivity index (χ0v) is 19.9. The molecule has 0 aromatic heterocycles. The molecular weight excluding hydrogens is 339 g/mol. The van der Waals surface area contributed by atoms with Crippen molar-refractivity contribution in [2.45, 2.75) is 65.8 Å². The van der Waals surface area contributed by atoms with E-state index in [9.17, 15) is 4.79 Å². The van der Waals surface area contributed by atoms with Gasteiger partial charge in [0.2, 0.25) is 0 Å². The number of aryl methyl sites for hydroxylation is 1. The zero-order chi connectivity index (χ0) is 19.0. The van der Waals surface area contributed by atoms with E-state index >= 15 is 0 Å². The Bertz CT molecular complexity index is 440. The van der Waals surface area contributed by atoms with Crippen molar-refractivity contribution in [2.75, 3.05) is 6.54 Å². The number of nitrogens with two attached hydrogens (primary N) is 1. The van der Waals surface area contributed by atoms with Crippen LogP contribution in [0.15, 0.2) is 36.6 Å². The predicted octanol–water partition coefficient (Wildman–Crippen LogP) is 2.15. The molecular formula is C20H35KN2O2. The second-order valence-electron chi connectivity index (χ2n) is 5.99. The van der Waals surface area contributed by atoms with Crippen LogP contribution in [0.4, 0.5) is 0 Å². The maximum atomic E-state index is 9.44. The van der Waals surface area contributed by atoms with Gasteiger partial charge in [-0.15, -0.1) is 0 Å². The molecule has 4 N–H and O–H groups in total. The van der Waals surface area contributed by atoms with E-state index in [2.05, 4.69) is 13.5 Å². The average molecular weight is 375 g/mol. The number of carbonyl (C=O) groups excluding carboxylic acids is 1. The molecule has 0 saturated carbocycles. The summed E-state index contributed by atoms with van der Waals surface area (Å²) in [4.78, 5) is 9.44. The van der Waals surface area contributed by atoms with Gasteiger partial charge in [-0.05, 0) is 45.7 Å². The molecule has 0 fully saturated rings. The SMILES string of the molecule is C=C(O)C([NH-])Cc1ccc(C)cc1.CC(C)=O.CCCCCCN.[K+]. The number of carbonyl (C=O) groups is 1. The van der Waals surface area contributed by atoms with Crippen molar-refractivity contribution >= 4 is 5.78 Å². The molecule has 4 nitrogen and oxygen atoms in total. The number of ketones is 1. The van der Waals surface area contributed by atoms with Crippen LogP contribution in [0.1, 0.15) is 57.6 Å². The Morgan fingerprint density at radius 3 is 2.04 bits per heavy atom. The van der Waals surface area contributed by atoms with Crippen molar-refractivity contribution in [3.63, 3.8) is 0 Å². The van der Waals surface area contributed by atoms with Crippen molar-refractivity contribution in [1.29, 1.82) is 0 Å². The van der Waals surface area contributed by atoms with E-state index in [1.54, 1.807) is 0 Å². The number of Topliss-reactive ketones (excluding diaryl/α,β-unsaturated/α-hetero) is 1. The van der Waals surface area contributed by atoms with Gasteiger partial charge in [-0.1, -0.05) is 68.6 Å². The molecule has 0 aliphatic rings. The minimum Gasteiger partial charge on any atom is -0.668 e. The van der Waals surface area contributed by atoms with Crippen LogP contribution in [-0.2, 0) is 11.2 Å². The van der Waals surface area contributed by atoms with Gasteiger partial charge in [0.25, 0.3) is 0 Å². The monoisotopic (exact) mass is 374 g/mol. The second-order valence-corrected chi connectivity index (χ2v) is 5.99. The van der Waals surface area contributed by atoms with Crippen LogP contribution in [0, 0.1) is 6.92 Å².